The predicted octanol–water partition coefficient (Wildman–Crippen LogP) is 1.48. The first kappa shape index (κ1) is 13.0. The maximum absolute atomic E-state index is 12.4. The lowest BCUT2D eigenvalue weighted by atomic mass is 9.77. The molecular weight excluding hydrogens is 226 g/mol. The summed E-state index contributed by atoms with van der Waals surface area (Å²) >= 11 is 0. The van der Waals surface area contributed by atoms with Crippen LogP contribution in [0.2, 0.25) is 0 Å². The number of pyridine rings is 1. The zero-order valence-electron chi connectivity index (χ0n) is 10.9. The van der Waals surface area contributed by atoms with E-state index >= 15 is 0 Å². The third-order valence-corrected chi connectivity index (χ3v) is 3.83. The van der Waals surface area contributed by atoms with Crippen LogP contribution in [-0.4, -0.2) is 24.0 Å². The van der Waals surface area contributed by atoms with Crippen LogP contribution in [0.15, 0.2) is 24.5 Å². The number of hydrogen-bond donors (Lipinski definition) is 2. The fraction of sp³-hybridized carbons (Fsp3) is 0.571. The van der Waals surface area contributed by atoms with Crippen molar-refractivity contribution in [1.82, 2.24) is 15.6 Å². The second-order valence-electron chi connectivity index (χ2n) is 4.95. The molecule has 1 atom stereocenters. The van der Waals surface area contributed by atoms with Crippen LogP contribution in [-0.2, 0) is 11.3 Å². The minimum absolute atomic E-state index is 0.175. The Hall–Kier alpha value is -1.42. The van der Waals surface area contributed by atoms with E-state index in [0.29, 0.717) is 6.54 Å². The highest BCUT2D eigenvalue weighted by Gasteiger charge is 2.37. The maximum Gasteiger partial charge on any atom is 0.227 e. The lowest BCUT2D eigenvalue weighted by Gasteiger charge is -2.35. The van der Waals surface area contributed by atoms with E-state index < -0.39 is 0 Å². The normalized spacial score (nSPS) is 23.6. The second kappa shape index (κ2) is 5.96. The maximum atomic E-state index is 12.4. The lowest BCUT2D eigenvalue weighted by molar-refractivity contribution is -0.132. The Balaban J connectivity index is 1.94. The number of amides is 1. The van der Waals surface area contributed by atoms with Crippen molar-refractivity contribution in [3.05, 3.63) is 30.1 Å². The summed E-state index contributed by atoms with van der Waals surface area (Å²) in [5.74, 6) is 0.175. The molecule has 4 heteroatoms. The van der Waals surface area contributed by atoms with Crippen molar-refractivity contribution in [3.8, 4) is 0 Å². The summed E-state index contributed by atoms with van der Waals surface area (Å²) in [6.45, 7) is 4.51. The summed E-state index contributed by atoms with van der Waals surface area (Å²) < 4.78 is 0. The summed E-state index contributed by atoms with van der Waals surface area (Å²) in [4.78, 5) is 16.3. The van der Waals surface area contributed by atoms with Gasteiger partial charge >= 0.3 is 0 Å². The van der Waals surface area contributed by atoms with E-state index in [1.165, 1.54) is 0 Å². The van der Waals surface area contributed by atoms with E-state index in [1.807, 2.05) is 12.1 Å². The number of piperidine rings is 1. The first-order valence-electron chi connectivity index (χ1n) is 6.65. The van der Waals surface area contributed by atoms with E-state index in [0.717, 1.165) is 37.9 Å². The molecular formula is C14H21N3O. The molecule has 0 bridgehead atoms. The molecule has 1 aromatic heterocycles. The number of carbonyl (C=O) groups is 1. The highest BCUT2D eigenvalue weighted by molar-refractivity contribution is 5.83. The predicted molar refractivity (Wildman–Crippen MR) is 70.9 cm³/mol. The van der Waals surface area contributed by atoms with Crippen LogP contribution in [0.3, 0.4) is 0 Å². The van der Waals surface area contributed by atoms with Gasteiger partial charge in [0, 0.05) is 25.5 Å². The van der Waals surface area contributed by atoms with Crippen LogP contribution in [0.25, 0.3) is 0 Å². The zero-order valence-corrected chi connectivity index (χ0v) is 10.9. The quantitative estimate of drug-likeness (QED) is 0.847. The number of hydrogen-bond acceptors (Lipinski definition) is 3. The van der Waals surface area contributed by atoms with Crippen molar-refractivity contribution in [2.45, 2.75) is 32.7 Å². The van der Waals surface area contributed by atoms with Crippen LogP contribution in [0.1, 0.15) is 31.7 Å². The van der Waals surface area contributed by atoms with Gasteiger partial charge in [-0.15, -0.1) is 0 Å². The molecule has 4 nitrogen and oxygen atoms in total. The second-order valence-corrected chi connectivity index (χ2v) is 4.95. The van der Waals surface area contributed by atoms with Gasteiger partial charge in [0.2, 0.25) is 5.91 Å². The number of nitrogens with zero attached hydrogens (tertiary/aromatic N) is 1. The van der Waals surface area contributed by atoms with E-state index in [1.54, 1.807) is 12.4 Å². The molecule has 2 heterocycles. The molecule has 18 heavy (non-hydrogen) atoms. The van der Waals surface area contributed by atoms with Gasteiger partial charge in [-0.05, 0) is 43.5 Å². The van der Waals surface area contributed by atoms with Gasteiger partial charge in [0.15, 0.2) is 0 Å². The summed E-state index contributed by atoms with van der Waals surface area (Å²) in [5.41, 5.74) is 0.874. The Morgan fingerprint density at radius 1 is 1.50 bits per heavy atom. The first-order chi connectivity index (χ1) is 8.77. The molecule has 1 unspecified atom stereocenters. The van der Waals surface area contributed by atoms with Crippen LogP contribution >= 0.6 is 0 Å². The summed E-state index contributed by atoms with van der Waals surface area (Å²) in [7, 11) is 0. The van der Waals surface area contributed by atoms with Crippen molar-refractivity contribution in [2.24, 2.45) is 5.41 Å². The molecule has 1 fully saturated rings. The Labute approximate surface area is 108 Å². The van der Waals surface area contributed by atoms with Gasteiger partial charge in [-0.2, -0.15) is 0 Å². The number of nitrogens with one attached hydrogen (secondary N) is 2. The van der Waals surface area contributed by atoms with Gasteiger partial charge < -0.3 is 10.6 Å². The van der Waals surface area contributed by atoms with Gasteiger partial charge in [-0.25, -0.2) is 0 Å². The lowest BCUT2D eigenvalue weighted by Crippen LogP contribution is -2.50. The number of aromatic nitrogens is 1. The Morgan fingerprint density at radius 2 is 2.28 bits per heavy atom. The van der Waals surface area contributed by atoms with Gasteiger partial charge in [0.1, 0.15) is 0 Å². The van der Waals surface area contributed by atoms with E-state index in [2.05, 4.69) is 22.5 Å². The topological polar surface area (TPSA) is 54.0 Å². The Bertz CT molecular complexity index is 385. The van der Waals surface area contributed by atoms with Gasteiger partial charge in [0.25, 0.3) is 0 Å². The molecule has 1 aliphatic rings. The third kappa shape index (κ3) is 2.88. The summed E-state index contributed by atoms with van der Waals surface area (Å²) in [6, 6.07) is 3.86. The molecule has 2 N–H and O–H groups in total. The highest BCUT2D eigenvalue weighted by atomic mass is 16.2. The number of carbonyl (C=O) groups excluding carboxylic acids is 1. The van der Waals surface area contributed by atoms with Gasteiger partial charge in [0.05, 0.1) is 5.41 Å². The van der Waals surface area contributed by atoms with E-state index in [-0.39, 0.29) is 11.3 Å². The van der Waals surface area contributed by atoms with Crippen molar-refractivity contribution < 1.29 is 4.79 Å². The molecule has 0 radical (unpaired) electrons. The Morgan fingerprint density at radius 3 is 2.89 bits per heavy atom. The first-order valence-corrected chi connectivity index (χ1v) is 6.65. The Kier molecular flexibility index (Phi) is 4.31. The van der Waals surface area contributed by atoms with Crippen molar-refractivity contribution >= 4 is 5.91 Å². The van der Waals surface area contributed by atoms with Gasteiger partial charge in [-0.3, -0.25) is 9.78 Å². The largest absolute Gasteiger partial charge is 0.352 e. The third-order valence-electron chi connectivity index (χ3n) is 3.83. The fourth-order valence-corrected chi connectivity index (χ4v) is 2.49. The average Bonchev–Trinajstić information content (AvgIpc) is 2.46. The summed E-state index contributed by atoms with van der Waals surface area (Å²) in [5, 5.41) is 6.39. The minimum Gasteiger partial charge on any atom is -0.352 e. The molecule has 0 aromatic carbocycles. The highest BCUT2D eigenvalue weighted by Crippen LogP contribution is 2.30. The van der Waals surface area contributed by atoms with E-state index in [9.17, 15) is 4.79 Å². The SMILES string of the molecule is CCC1(C(=O)NCc2ccncc2)CCCNC1. The monoisotopic (exact) mass is 247 g/mol. The molecule has 0 saturated carbocycles. The van der Waals surface area contributed by atoms with Crippen molar-refractivity contribution in [1.29, 1.82) is 0 Å². The molecule has 1 aromatic rings. The molecule has 1 saturated heterocycles. The van der Waals surface area contributed by atoms with Crippen molar-refractivity contribution in [3.63, 3.8) is 0 Å². The average molecular weight is 247 g/mol. The zero-order chi connectivity index (χ0) is 12.8. The standard InChI is InChI=1S/C14H21N3O/c1-2-14(6-3-7-16-11-14)13(18)17-10-12-4-8-15-9-5-12/h4-5,8-9,16H,2-3,6-7,10-11H2,1H3,(H,17,18). The van der Waals surface area contributed by atoms with E-state index in [4.69, 9.17) is 0 Å². The summed E-state index contributed by atoms with van der Waals surface area (Å²) in [6.07, 6.45) is 6.45. The minimum atomic E-state index is -0.217. The molecule has 2 rings (SSSR count). The molecule has 98 valence electrons. The fourth-order valence-electron chi connectivity index (χ4n) is 2.49. The van der Waals surface area contributed by atoms with Gasteiger partial charge in [-0.1, -0.05) is 6.92 Å². The van der Waals surface area contributed by atoms with Crippen LogP contribution in [0, 0.1) is 5.41 Å². The van der Waals surface area contributed by atoms with Crippen LogP contribution in [0.5, 0.6) is 0 Å². The molecule has 0 spiro atoms. The molecule has 1 amide bonds. The molecule has 0 aliphatic carbocycles. The smallest absolute Gasteiger partial charge is 0.227 e. The van der Waals surface area contributed by atoms with Crippen molar-refractivity contribution in [2.75, 3.05) is 13.1 Å². The van der Waals surface area contributed by atoms with Crippen LogP contribution < -0.4 is 10.6 Å². The molecule has 1 aliphatic heterocycles. The number of rotatable bonds is 4. The van der Waals surface area contributed by atoms with Crippen LogP contribution in [0.4, 0.5) is 0 Å².